The molecule has 28 heavy (non-hydrogen) atoms. The molecule has 5 heteroatoms. The molecule has 1 N–H and O–H groups in total. The highest BCUT2D eigenvalue weighted by atomic mass is 16.1. The third-order valence-electron chi connectivity index (χ3n) is 4.31. The predicted molar refractivity (Wildman–Crippen MR) is 108 cm³/mol. The molecule has 0 saturated heterocycles. The van der Waals surface area contributed by atoms with Gasteiger partial charge in [0.25, 0.3) is 5.91 Å². The SMILES string of the molecule is N#Cc1c(-c2ccccc2)nn(-c2ccccc2)c1NC(=O)c1ccccc1. The Morgan fingerprint density at radius 2 is 1.43 bits per heavy atom. The molecule has 0 saturated carbocycles. The van der Waals surface area contributed by atoms with Crippen LogP contribution in [0.15, 0.2) is 91.0 Å². The number of nitrogens with zero attached hydrogens (tertiary/aromatic N) is 3. The van der Waals surface area contributed by atoms with Crippen molar-refractivity contribution in [1.82, 2.24) is 9.78 Å². The maximum atomic E-state index is 12.7. The van der Waals surface area contributed by atoms with Crippen LogP contribution in [0.5, 0.6) is 0 Å². The summed E-state index contributed by atoms with van der Waals surface area (Å²) in [5.74, 6) is 0.0511. The fourth-order valence-corrected chi connectivity index (χ4v) is 2.96. The van der Waals surface area contributed by atoms with E-state index in [-0.39, 0.29) is 5.91 Å². The molecule has 5 nitrogen and oxygen atoms in total. The molecule has 0 radical (unpaired) electrons. The van der Waals surface area contributed by atoms with E-state index in [9.17, 15) is 10.1 Å². The van der Waals surface area contributed by atoms with E-state index < -0.39 is 0 Å². The van der Waals surface area contributed by atoms with Gasteiger partial charge < -0.3 is 5.32 Å². The summed E-state index contributed by atoms with van der Waals surface area (Å²) in [6.45, 7) is 0. The van der Waals surface area contributed by atoms with Gasteiger partial charge in [-0.2, -0.15) is 10.4 Å². The zero-order chi connectivity index (χ0) is 19.3. The zero-order valence-electron chi connectivity index (χ0n) is 14.9. The molecule has 0 aliphatic heterocycles. The number of carbonyl (C=O) groups is 1. The summed E-state index contributed by atoms with van der Waals surface area (Å²) >= 11 is 0. The van der Waals surface area contributed by atoms with Gasteiger partial charge >= 0.3 is 0 Å². The van der Waals surface area contributed by atoms with Crippen molar-refractivity contribution < 1.29 is 4.79 Å². The van der Waals surface area contributed by atoms with Crippen molar-refractivity contribution in [3.05, 3.63) is 102 Å². The molecular formula is C23H16N4O. The minimum absolute atomic E-state index is 0.297. The van der Waals surface area contributed by atoms with Crippen LogP contribution in [0.1, 0.15) is 15.9 Å². The van der Waals surface area contributed by atoms with Gasteiger partial charge in [-0.05, 0) is 24.3 Å². The van der Waals surface area contributed by atoms with Gasteiger partial charge in [0.15, 0.2) is 5.82 Å². The molecule has 3 aromatic carbocycles. The van der Waals surface area contributed by atoms with Crippen LogP contribution in [0.25, 0.3) is 16.9 Å². The van der Waals surface area contributed by atoms with Crippen molar-refractivity contribution >= 4 is 11.7 Å². The molecular weight excluding hydrogens is 348 g/mol. The van der Waals surface area contributed by atoms with Crippen LogP contribution in [0, 0.1) is 11.3 Å². The van der Waals surface area contributed by atoms with E-state index in [2.05, 4.69) is 16.5 Å². The van der Waals surface area contributed by atoms with E-state index in [1.54, 1.807) is 28.9 Å². The van der Waals surface area contributed by atoms with Crippen molar-refractivity contribution in [1.29, 1.82) is 5.26 Å². The van der Waals surface area contributed by atoms with Crippen molar-refractivity contribution in [2.75, 3.05) is 5.32 Å². The highest BCUT2D eigenvalue weighted by Crippen LogP contribution is 2.30. The third-order valence-corrected chi connectivity index (χ3v) is 4.31. The standard InChI is InChI=1S/C23H16N4O/c24-16-20-21(17-10-4-1-5-11-17)26-27(19-14-8-3-9-15-19)22(20)25-23(28)18-12-6-2-7-13-18/h1-15H,(H,25,28). The van der Waals surface area contributed by atoms with E-state index in [1.807, 2.05) is 66.7 Å². The fraction of sp³-hybridized carbons (Fsp3) is 0. The zero-order valence-corrected chi connectivity index (χ0v) is 14.9. The monoisotopic (exact) mass is 364 g/mol. The summed E-state index contributed by atoms with van der Waals surface area (Å²) in [5, 5.41) is 17.4. The minimum atomic E-state index is -0.297. The average molecular weight is 364 g/mol. The maximum absolute atomic E-state index is 12.7. The van der Waals surface area contributed by atoms with Gasteiger partial charge in [0, 0.05) is 11.1 Å². The molecule has 134 valence electrons. The summed E-state index contributed by atoms with van der Waals surface area (Å²) < 4.78 is 1.60. The number of nitrogens with one attached hydrogen (secondary N) is 1. The molecule has 0 bridgehead atoms. The summed E-state index contributed by atoms with van der Waals surface area (Å²) in [6.07, 6.45) is 0. The quantitative estimate of drug-likeness (QED) is 0.572. The second-order valence-corrected chi connectivity index (χ2v) is 6.12. The lowest BCUT2D eigenvalue weighted by Gasteiger charge is -2.09. The molecule has 0 atom stereocenters. The number of hydrogen-bond acceptors (Lipinski definition) is 3. The lowest BCUT2D eigenvalue weighted by molar-refractivity contribution is 0.102. The summed E-state index contributed by atoms with van der Waals surface area (Å²) in [6, 6.07) is 30.0. The molecule has 0 aliphatic carbocycles. The van der Waals surface area contributed by atoms with Gasteiger partial charge in [-0.3, -0.25) is 4.79 Å². The number of hydrogen-bond donors (Lipinski definition) is 1. The summed E-state index contributed by atoms with van der Waals surface area (Å²) in [5.41, 5.74) is 2.91. The van der Waals surface area contributed by atoms with Gasteiger partial charge in [0.05, 0.1) is 5.69 Å². The Morgan fingerprint density at radius 3 is 2.04 bits per heavy atom. The molecule has 0 aliphatic rings. The van der Waals surface area contributed by atoms with E-state index in [0.29, 0.717) is 22.6 Å². The largest absolute Gasteiger partial charge is 0.305 e. The average Bonchev–Trinajstić information content (AvgIpc) is 3.13. The Morgan fingerprint density at radius 1 is 0.857 bits per heavy atom. The fourth-order valence-electron chi connectivity index (χ4n) is 2.96. The van der Waals surface area contributed by atoms with E-state index in [1.165, 1.54) is 0 Å². The molecule has 0 fully saturated rings. The number of para-hydroxylation sites is 1. The van der Waals surface area contributed by atoms with Crippen LogP contribution in [-0.2, 0) is 0 Å². The summed E-state index contributed by atoms with van der Waals surface area (Å²) in [4.78, 5) is 12.7. The Hall–Kier alpha value is -4.17. The van der Waals surface area contributed by atoms with Gasteiger partial charge in [0.1, 0.15) is 17.3 Å². The third kappa shape index (κ3) is 3.27. The normalized spacial score (nSPS) is 10.2. The molecule has 1 heterocycles. The van der Waals surface area contributed by atoms with Crippen molar-refractivity contribution in [3.63, 3.8) is 0 Å². The Kier molecular flexibility index (Phi) is 4.68. The lowest BCUT2D eigenvalue weighted by Crippen LogP contribution is -2.15. The first-order chi connectivity index (χ1) is 13.8. The highest BCUT2D eigenvalue weighted by molar-refractivity contribution is 6.05. The molecule has 4 rings (SSSR count). The van der Waals surface area contributed by atoms with E-state index in [0.717, 1.165) is 11.3 Å². The number of nitriles is 1. The van der Waals surface area contributed by atoms with Crippen LogP contribution >= 0.6 is 0 Å². The van der Waals surface area contributed by atoms with Gasteiger partial charge in [-0.1, -0.05) is 66.7 Å². The summed E-state index contributed by atoms with van der Waals surface area (Å²) in [7, 11) is 0. The van der Waals surface area contributed by atoms with Crippen molar-refractivity contribution in [2.24, 2.45) is 0 Å². The van der Waals surface area contributed by atoms with Crippen LogP contribution < -0.4 is 5.32 Å². The number of benzene rings is 3. The molecule has 1 amide bonds. The van der Waals surface area contributed by atoms with Gasteiger partial charge in [-0.15, -0.1) is 0 Å². The Balaban J connectivity index is 1.87. The van der Waals surface area contributed by atoms with Gasteiger partial charge in [0.2, 0.25) is 0 Å². The second-order valence-electron chi connectivity index (χ2n) is 6.12. The molecule has 0 unspecified atom stereocenters. The van der Waals surface area contributed by atoms with Crippen LogP contribution in [0.2, 0.25) is 0 Å². The Bertz CT molecular complexity index is 1140. The molecule has 1 aromatic heterocycles. The molecule has 4 aromatic rings. The lowest BCUT2D eigenvalue weighted by atomic mass is 10.1. The first-order valence-electron chi connectivity index (χ1n) is 8.78. The van der Waals surface area contributed by atoms with E-state index >= 15 is 0 Å². The predicted octanol–water partition coefficient (Wildman–Crippen LogP) is 4.66. The topological polar surface area (TPSA) is 70.7 Å². The number of aromatic nitrogens is 2. The van der Waals surface area contributed by atoms with Crippen molar-refractivity contribution in [3.8, 4) is 23.0 Å². The number of amides is 1. The first-order valence-corrected chi connectivity index (χ1v) is 8.78. The smallest absolute Gasteiger partial charge is 0.256 e. The second kappa shape index (κ2) is 7.60. The van der Waals surface area contributed by atoms with Crippen LogP contribution in [-0.4, -0.2) is 15.7 Å². The maximum Gasteiger partial charge on any atom is 0.256 e. The van der Waals surface area contributed by atoms with Crippen LogP contribution in [0.4, 0.5) is 5.82 Å². The number of carbonyl (C=O) groups excluding carboxylic acids is 1. The van der Waals surface area contributed by atoms with Crippen molar-refractivity contribution in [2.45, 2.75) is 0 Å². The molecule has 0 spiro atoms. The first kappa shape index (κ1) is 17.3. The number of rotatable bonds is 4. The van der Waals surface area contributed by atoms with Gasteiger partial charge in [-0.25, -0.2) is 4.68 Å². The van der Waals surface area contributed by atoms with Crippen LogP contribution in [0.3, 0.4) is 0 Å². The number of anilines is 1. The Labute approximate surface area is 162 Å². The minimum Gasteiger partial charge on any atom is -0.305 e. The van der Waals surface area contributed by atoms with E-state index in [4.69, 9.17) is 0 Å². The highest BCUT2D eigenvalue weighted by Gasteiger charge is 2.22.